The Morgan fingerprint density at radius 1 is 0.964 bits per heavy atom. The Labute approximate surface area is 177 Å². The van der Waals surface area contributed by atoms with Crippen molar-refractivity contribution in [1.29, 1.82) is 0 Å². The van der Waals surface area contributed by atoms with Crippen molar-refractivity contribution in [2.75, 3.05) is 0 Å². The minimum atomic E-state index is -0.357. The van der Waals surface area contributed by atoms with Gasteiger partial charge in [-0.25, -0.2) is 5.43 Å². The first-order valence-electron chi connectivity index (χ1n) is 8.27. The number of hydrogen-bond acceptors (Lipinski definition) is 3. The monoisotopic (exact) mass is 432 g/mol. The fourth-order valence-electron chi connectivity index (χ4n) is 2.35. The fourth-order valence-corrected chi connectivity index (χ4v) is 2.97. The molecule has 0 aliphatic carbocycles. The number of benzene rings is 3. The lowest BCUT2D eigenvalue weighted by Gasteiger charge is -2.09. The second-order valence-corrected chi connectivity index (χ2v) is 7.03. The Bertz CT molecular complexity index is 1020. The van der Waals surface area contributed by atoms with Gasteiger partial charge in [-0.2, -0.15) is 5.10 Å². The second kappa shape index (κ2) is 9.60. The summed E-state index contributed by atoms with van der Waals surface area (Å²) in [5.74, 6) is 0.172. The molecule has 0 heterocycles. The van der Waals surface area contributed by atoms with E-state index in [0.29, 0.717) is 38.6 Å². The van der Waals surface area contributed by atoms with Gasteiger partial charge < -0.3 is 4.74 Å². The zero-order valence-corrected chi connectivity index (χ0v) is 16.8. The number of halogens is 3. The molecule has 4 nitrogen and oxygen atoms in total. The van der Waals surface area contributed by atoms with Crippen LogP contribution in [0.4, 0.5) is 0 Å². The Morgan fingerprint density at radius 2 is 1.79 bits per heavy atom. The zero-order chi connectivity index (χ0) is 19.9. The number of nitrogens with one attached hydrogen (secondary N) is 1. The van der Waals surface area contributed by atoms with Crippen LogP contribution in [-0.2, 0) is 6.61 Å². The van der Waals surface area contributed by atoms with E-state index in [2.05, 4.69) is 10.5 Å². The number of hydrazone groups is 1. The SMILES string of the molecule is O=C(N/N=C\c1ccc(OCc2ccccc2Cl)c(Cl)c1)c1cccc(Cl)c1. The van der Waals surface area contributed by atoms with E-state index in [0.717, 1.165) is 5.56 Å². The van der Waals surface area contributed by atoms with Crippen LogP contribution < -0.4 is 10.2 Å². The summed E-state index contributed by atoms with van der Waals surface area (Å²) in [5, 5.41) is 5.49. The van der Waals surface area contributed by atoms with Crippen LogP contribution >= 0.6 is 34.8 Å². The molecule has 0 aliphatic rings. The lowest BCUT2D eigenvalue weighted by molar-refractivity contribution is 0.0955. The van der Waals surface area contributed by atoms with Crippen molar-refractivity contribution < 1.29 is 9.53 Å². The molecule has 1 amide bonds. The largest absolute Gasteiger partial charge is 0.487 e. The maximum atomic E-state index is 12.0. The van der Waals surface area contributed by atoms with Gasteiger partial charge in [-0.1, -0.05) is 59.1 Å². The lowest BCUT2D eigenvalue weighted by Crippen LogP contribution is -2.17. The summed E-state index contributed by atoms with van der Waals surface area (Å²) in [5.41, 5.74) is 4.45. The molecule has 0 fully saturated rings. The van der Waals surface area contributed by atoms with E-state index >= 15 is 0 Å². The third kappa shape index (κ3) is 5.49. The van der Waals surface area contributed by atoms with Gasteiger partial charge in [0, 0.05) is 21.2 Å². The third-order valence-electron chi connectivity index (χ3n) is 3.76. The number of rotatable bonds is 6. The number of carbonyl (C=O) groups is 1. The van der Waals surface area contributed by atoms with Gasteiger partial charge in [0.2, 0.25) is 0 Å². The maximum Gasteiger partial charge on any atom is 0.271 e. The van der Waals surface area contributed by atoms with Gasteiger partial charge in [0.15, 0.2) is 0 Å². The number of nitrogens with zero attached hydrogens (tertiary/aromatic N) is 1. The highest BCUT2D eigenvalue weighted by Gasteiger charge is 2.06. The van der Waals surface area contributed by atoms with Crippen molar-refractivity contribution in [3.63, 3.8) is 0 Å². The molecule has 142 valence electrons. The van der Waals surface area contributed by atoms with Crippen LogP contribution in [0.25, 0.3) is 0 Å². The molecular formula is C21H15Cl3N2O2. The highest BCUT2D eigenvalue weighted by atomic mass is 35.5. The molecule has 7 heteroatoms. The van der Waals surface area contributed by atoms with E-state index in [9.17, 15) is 4.79 Å². The van der Waals surface area contributed by atoms with Crippen LogP contribution in [0.3, 0.4) is 0 Å². The Balaban J connectivity index is 1.60. The molecule has 0 aromatic heterocycles. The summed E-state index contributed by atoms with van der Waals surface area (Å²) in [6.45, 7) is 0.308. The third-order valence-corrected chi connectivity index (χ3v) is 4.66. The lowest BCUT2D eigenvalue weighted by atomic mass is 10.2. The summed E-state index contributed by atoms with van der Waals surface area (Å²) in [6, 6.07) is 19.3. The first kappa shape index (κ1) is 20.2. The van der Waals surface area contributed by atoms with E-state index in [-0.39, 0.29) is 5.91 Å². The maximum absolute atomic E-state index is 12.0. The van der Waals surface area contributed by atoms with Crippen LogP contribution in [0.5, 0.6) is 5.75 Å². The Morgan fingerprint density at radius 3 is 2.54 bits per heavy atom. The molecule has 0 spiro atoms. The highest BCUT2D eigenvalue weighted by Crippen LogP contribution is 2.27. The Hall–Kier alpha value is -2.53. The summed E-state index contributed by atoms with van der Waals surface area (Å²) >= 11 is 18.3. The molecule has 3 aromatic carbocycles. The average molecular weight is 434 g/mol. The molecular weight excluding hydrogens is 419 g/mol. The van der Waals surface area contributed by atoms with Crippen LogP contribution in [0, 0.1) is 0 Å². The molecule has 0 bridgehead atoms. The summed E-state index contributed by atoms with van der Waals surface area (Å²) in [7, 11) is 0. The van der Waals surface area contributed by atoms with Crippen LogP contribution in [0.2, 0.25) is 15.1 Å². The molecule has 1 N–H and O–H groups in total. The van der Waals surface area contributed by atoms with Crippen LogP contribution in [0.1, 0.15) is 21.5 Å². The van der Waals surface area contributed by atoms with E-state index in [1.165, 1.54) is 6.21 Å². The minimum absolute atomic E-state index is 0.308. The van der Waals surface area contributed by atoms with Gasteiger partial charge in [0.05, 0.1) is 11.2 Å². The molecule has 3 aromatic rings. The van der Waals surface area contributed by atoms with Gasteiger partial charge in [-0.05, 0) is 48.0 Å². The van der Waals surface area contributed by atoms with Gasteiger partial charge >= 0.3 is 0 Å². The van der Waals surface area contributed by atoms with E-state index < -0.39 is 0 Å². The molecule has 28 heavy (non-hydrogen) atoms. The molecule has 0 saturated heterocycles. The fraction of sp³-hybridized carbons (Fsp3) is 0.0476. The second-order valence-electron chi connectivity index (χ2n) is 5.78. The number of hydrogen-bond donors (Lipinski definition) is 1. The average Bonchev–Trinajstić information content (AvgIpc) is 2.68. The molecule has 0 unspecified atom stereocenters. The summed E-state index contributed by atoms with van der Waals surface area (Å²) in [6.07, 6.45) is 1.49. The predicted octanol–water partition coefficient (Wildman–Crippen LogP) is 5.99. The van der Waals surface area contributed by atoms with Crippen molar-refractivity contribution in [3.05, 3.63) is 98.5 Å². The minimum Gasteiger partial charge on any atom is -0.487 e. The van der Waals surface area contributed by atoms with E-state index in [4.69, 9.17) is 39.5 Å². The topological polar surface area (TPSA) is 50.7 Å². The quantitative estimate of drug-likeness (QED) is 0.383. The van der Waals surface area contributed by atoms with Gasteiger partial charge in [0.1, 0.15) is 12.4 Å². The van der Waals surface area contributed by atoms with Gasteiger partial charge in [0.25, 0.3) is 5.91 Å². The summed E-state index contributed by atoms with van der Waals surface area (Å²) in [4.78, 5) is 12.0. The smallest absolute Gasteiger partial charge is 0.271 e. The van der Waals surface area contributed by atoms with E-state index in [1.807, 2.05) is 18.2 Å². The molecule has 0 aliphatic heterocycles. The van der Waals surface area contributed by atoms with Crippen molar-refractivity contribution >= 4 is 46.9 Å². The van der Waals surface area contributed by atoms with Crippen molar-refractivity contribution in [1.82, 2.24) is 5.43 Å². The molecule has 0 radical (unpaired) electrons. The van der Waals surface area contributed by atoms with Crippen molar-refractivity contribution in [3.8, 4) is 5.75 Å². The van der Waals surface area contributed by atoms with Crippen molar-refractivity contribution in [2.45, 2.75) is 6.61 Å². The number of amides is 1. The molecule has 0 saturated carbocycles. The molecule has 0 atom stereocenters. The van der Waals surface area contributed by atoms with Crippen LogP contribution in [0.15, 0.2) is 71.8 Å². The van der Waals surface area contributed by atoms with Gasteiger partial charge in [-0.3, -0.25) is 4.79 Å². The number of ether oxygens (including phenoxy) is 1. The van der Waals surface area contributed by atoms with Crippen molar-refractivity contribution in [2.24, 2.45) is 5.10 Å². The Kier molecular flexibility index (Phi) is 6.93. The summed E-state index contributed by atoms with van der Waals surface area (Å²) < 4.78 is 5.73. The zero-order valence-electron chi connectivity index (χ0n) is 14.5. The predicted molar refractivity (Wildman–Crippen MR) is 114 cm³/mol. The standard InChI is InChI=1S/C21H15Cl3N2O2/c22-17-6-3-5-15(11-17)21(27)26-25-12-14-8-9-20(19(24)10-14)28-13-16-4-1-2-7-18(16)23/h1-12H,13H2,(H,26,27)/b25-12-. The number of carbonyl (C=O) groups excluding carboxylic acids is 1. The van der Waals surface area contributed by atoms with Crippen LogP contribution in [-0.4, -0.2) is 12.1 Å². The van der Waals surface area contributed by atoms with Gasteiger partial charge in [-0.15, -0.1) is 0 Å². The first-order valence-corrected chi connectivity index (χ1v) is 9.41. The van der Waals surface area contributed by atoms with E-state index in [1.54, 1.807) is 48.5 Å². The molecule has 3 rings (SSSR count). The first-order chi connectivity index (χ1) is 13.5. The normalized spacial score (nSPS) is 10.8. The highest BCUT2D eigenvalue weighted by molar-refractivity contribution is 6.32.